The Kier molecular flexibility index (Phi) is 5.90. The van der Waals surface area contributed by atoms with Gasteiger partial charge in [-0.15, -0.1) is 0 Å². The Hall–Kier alpha value is -1.47. The van der Waals surface area contributed by atoms with E-state index >= 15 is 0 Å². The summed E-state index contributed by atoms with van der Waals surface area (Å²) < 4.78 is 6.10. The van der Waals surface area contributed by atoms with Gasteiger partial charge in [-0.25, -0.2) is 0 Å². The molecule has 0 fully saturated rings. The molecule has 0 saturated heterocycles. The third-order valence-corrected chi connectivity index (χ3v) is 4.73. The fourth-order valence-corrected chi connectivity index (χ4v) is 2.63. The van der Waals surface area contributed by atoms with Crippen molar-refractivity contribution in [3.05, 3.63) is 58.6 Å². The topological polar surface area (TPSA) is 9.23 Å². The largest absolute Gasteiger partial charge is 0.456 e. The summed E-state index contributed by atoms with van der Waals surface area (Å²) in [4.78, 5) is 0. The van der Waals surface area contributed by atoms with Crippen LogP contribution in [0, 0.1) is 0 Å². The number of hydrogen-bond acceptors (Lipinski definition) is 1. The minimum Gasteiger partial charge on any atom is -0.456 e. The number of ether oxygens (including phenoxy) is 1. The molecule has 0 saturated carbocycles. The molecule has 2 aromatic rings. The molecule has 0 aromatic heterocycles. The first-order valence-corrected chi connectivity index (χ1v) is 8.50. The van der Waals surface area contributed by atoms with Gasteiger partial charge in [-0.1, -0.05) is 63.6 Å². The first-order chi connectivity index (χ1) is 10.6. The first-order valence-electron chi connectivity index (χ1n) is 8.13. The van der Waals surface area contributed by atoms with Gasteiger partial charge in [0.1, 0.15) is 11.5 Å². The van der Waals surface area contributed by atoms with E-state index in [0.717, 1.165) is 18.6 Å². The number of hydrogen-bond donors (Lipinski definition) is 0. The van der Waals surface area contributed by atoms with E-state index < -0.39 is 0 Å². The average molecular weight is 317 g/mol. The number of rotatable bonds is 6. The molecule has 0 N–H and O–H groups in total. The molecule has 0 radical (unpaired) electrons. The highest BCUT2D eigenvalue weighted by molar-refractivity contribution is 6.32. The van der Waals surface area contributed by atoms with Crippen LogP contribution in [0.15, 0.2) is 42.5 Å². The number of para-hydroxylation sites is 1. The molecule has 2 aromatic carbocycles. The Morgan fingerprint density at radius 2 is 1.59 bits per heavy atom. The Labute approximate surface area is 139 Å². The monoisotopic (exact) mass is 316 g/mol. The van der Waals surface area contributed by atoms with Crippen molar-refractivity contribution in [2.45, 2.75) is 52.4 Å². The summed E-state index contributed by atoms with van der Waals surface area (Å²) in [6, 6.07) is 14.2. The van der Waals surface area contributed by atoms with Crippen molar-refractivity contribution in [1.29, 1.82) is 0 Å². The highest BCUT2D eigenvalue weighted by Crippen LogP contribution is 2.37. The second-order valence-corrected chi connectivity index (χ2v) is 6.36. The maximum absolute atomic E-state index is 6.22. The third kappa shape index (κ3) is 3.84. The van der Waals surface area contributed by atoms with Crippen LogP contribution < -0.4 is 4.74 Å². The average Bonchev–Trinajstić information content (AvgIpc) is 2.55. The van der Waals surface area contributed by atoms with Crippen LogP contribution in [0.4, 0.5) is 0 Å². The van der Waals surface area contributed by atoms with E-state index in [1.807, 2.05) is 24.3 Å². The number of halogens is 1. The first kappa shape index (κ1) is 16.9. The van der Waals surface area contributed by atoms with Gasteiger partial charge >= 0.3 is 0 Å². The SMILES string of the molecule is CCC(C)c1ccc(Oc2ccccc2Cl)c(C(C)CC)c1. The zero-order valence-corrected chi connectivity index (χ0v) is 14.7. The van der Waals surface area contributed by atoms with Gasteiger partial charge in [-0.05, 0) is 54.0 Å². The van der Waals surface area contributed by atoms with Crippen LogP contribution in [0.5, 0.6) is 11.5 Å². The lowest BCUT2D eigenvalue weighted by Crippen LogP contribution is -2.00. The third-order valence-electron chi connectivity index (χ3n) is 4.42. The lowest BCUT2D eigenvalue weighted by atomic mass is 9.91. The predicted octanol–water partition coefficient (Wildman–Crippen LogP) is 7.16. The van der Waals surface area contributed by atoms with Gasteiger partial charge in [-0.2, -0.15) is 0 Å². The van der Waals surface area contributed by atoms with Crippen molar-refractivity contribution in [2.75, 3.05) is 0 Å². The molecule has 0 amide bonds. The van der Waals surface area contributed by atoms with Crippen LogP contribution in [0.3, 0.4) is 0 Å². The molecule has 0 aliphatic heterocycles. The van der Waals surface area contributed by atoms with Gasteiger partial charge < -0.3 is 4.74 Å². The smallest absolute Gasteiger partial charge is 0.146 e. The maximum Gasteiger partial charge on any atom is 0.146 e. The summed E-state index contributed by atoms with van der Waals surface area (Å²) >= 11 is 6.22. The highest BCUT2D eigenvalue weighted by atomic mass is 35.5. The van der Waals surface area contributed by atoms with E-state index in [2.05, 4.69) is 45.9 Å². The fourth-order valence-electron chi connectivity index (χ4n) is 2.45. The van der Waals surface area contributed by atoms with Gasteiger partial charge in [0.2, 0.25) is 0 Å². The molecule has 0 spiro atoms. The number of benzene rings is 2. The van der Waals surface area contributed by atoms with E-state index in [1.54, 1.807) is 0 Å². The Bertz CT molecular complexity index is 621. The molecule has 118 valence electrons. The summed E-state index contributed by atoms with van der Waals surface area (Å²) in [5.41, 5.74) is 2.64. The van der Waals surface area contributed by atoms with Crippen LogP contribution in [0.25, 0.3) is 0 Å². The molecule has 1 nitrogen and oxygen atoms in total. The molecule has 2 unspecified atom stereocenters. The Morgan fingerprint density at radius 1 is 0.909 bits per heavy atom. The zero-order chi connectivity index (χ0) is 16.1. The lowest BCUT2D eigenvalue weighted by molar-refractivity contribution is 0.470. The molecular formula is C20H25ClO. The zero-order valence-electron chi connectivity index (χ0n) is 13.9. The van der Waals surface area contributed by atoms with E-state index in [1.165, 1.54) is 11.1 Å². The summed E-state index contributed by atoms with van der Waals surface area (Å²) in [6.07, 6.45) is 2.23. The van der Waals surface area contributed by atoms with Crippen LogP contribution >= 0.6 is 11.6 Å². The van der Waals surface area contributed by atoms with Gasteiger partial charge in [-0.3, -0.25) is 0 Å². The molecule has 0 aliphatic carbocycles. The van der Waals surface area contributed by atoms with Crippen molar-refractivity contribution >= 4 is 11.6 Å². The molecular weight excluding hydrogens is 292 g/mol. The van der Waals surface area contributed by atoms with Crippen molar-refractivity contribution in [3.63, 3.8) is 0 Å². The molecule has 0 bridgehead atoms. The summed E-state index contributed by atoms with van der Waals surface area (Å²) in [7, 11) is 0. The molecule has 2 heteroatoms. The summed E-state index contributed by atoms with van der Waals surface area (Å²) in [5.74, 6) is 2.65. The van der Waals surface area contributed by atoms with Crippen molar-refractivity contribution in [1.82, 2.24) is 0 Å². The predicted molar refractivity (Wildman–Crippen MR) is 95.4 cm³/mol. The molecule has 2 atom stereocenters. The van der Waals surface area contributed by atoms with Gasteiger partial charge in [0.05, 0.1) is 5.02 Å². The minimum absolute atomic E-state index is 0.460. The normalized spacial score (nSPS) is 13.7. The minimum atomic E-state index is 0.460. The van der Waals surface area contributed by atoms with Crippen LogP contribution in [0.1, 0.15) is 63.5 Å². The van der Waals surface area contributed by atoms with Crippen molar-refractivity contribution in [3.8, 4) is 11.5 Å². The summed E-state index contributed by atoms with van der Waals surface area (Å²) in [5, 5.41) is 0.642. The standard InChI is InChI=1S/C20H25ClO/c1-5-14(3)16-11-12-19(17(13-16)15(4)6-2)22-20-10-8-7-9-18(20)21/h7-15H,5-6H2,1-4H3. The van der Waals surface area contributed by atoms with Crippen LogP contribution in [0.2, 0.25) is 5.02 Å². The van der Waals surface area contributed by atoms with E-state index in [-0.39, 0.29) is 0 Å². The second kappa shape index (κ2) is 7.69. The van der Waals surface area contributed by atoms with E-state index in [4.69, 9.17) is 16.3 Å². The molecule has 0 heterocycles. The van der Waals surface area contributed by atoms with Gasteiger partial charge in [0.25, 0.3) is 0 Å². The highest BCUT2D eigenvalue weighted by Gasteiger charge is 2.15. The molecule has 0 aliphatic rings. The summed E-state index contributed by atoms with van der Waals surface area (Å²) in [6.45, 7) is 8.95. The van der Waals surface area contributed by atoms with Crippen molar-refractivity contribution < 1.29 is 4.74 Å². The Balaban J connectivity index is 2.40. The molecule has 22 heavy (non-hydrogen) atoms. The Morgan fingerprint density at radius 3 is 2.23 bits per heavy atom. The van der Waals surface area contributed by atoms with Crippen LogP contribution in [-0.2, 0) is 0 Å². The quantitative estimate of drug-likeness (QED) is 0.549. The second-order valence-electron chi connectivity index (χ2n) is 5.95. The lowest BCUT2D eigenvalue weighted by Gasteiger charge is -2.19. The van der Waals surface area contributed by atoms with Gasteiger partial charge in [0.15, 0.2) is 0 Å². The van der Waals surface area contributed by atoms with E-state index in [9.17, 15) is 0 Å². The fraction of sp³-hybridized carbons (Fsp3) is 0.400. The van der Waals surface area contributed by atoms with Crippen molar-refractivity contribution in [2.24, 2.45) is 0 Å². The van der Waals surface area contributed by atoms with Crippen LogP contribution in [-0.4, -0.2) is 0 Å². The maximum atomic E-state index is 6.22. The molecule has 2 rings (SSSR count). The van der Waals surface area contributed by atoms with E-state index in [0.29, 0.717) is 22.6 Å². The van der Waals surface area contributed by atoms with Gasteiger partial charge in [0, 0.05) is 0 Å².